The quantitative estimate of drug-likeness (QED) is 0.414. The molecule has 0 unspecified atom stereocenters. The van der Waals surface area contributed by atoms with E-state index in [1.807, 2.05) is 13.8 Å². The highest BCUT2D eigenvalue weighted by Crippen LogP contribution is 2.10. The van der Waals surface area contributed by atoms with E-state index in [0.29, 0.717) is 0 Å². The molecule has 0 atom stereocenters. The smallest absolute Gasteiger partial charge is 0.0247 e. The van der Waals surface area contributed by atoms with Crippen LogP contribution in [0.3, 0.4) is 0 Å². The zero-order chi connectivity index (χ0) is 6.62. The van der Waals surface area contributed by atoms with Gasteiger partial charge in [-0.05, 0) is 6.08 Å². The van der Waals surface area contributed by atoms with Crippen LogP contribution in [0, 0.1) is 10.8 Å². The van der Waals surface area contributed by atoms with Gasteiger partial charge in [0, 0.05) is 11.6 Å². The summed E-state index contributed by atoms with van der Waals surface area (Å²) in [5, 5.41) is 6.88. The molecule has 0 spiro atoms. The largest absolute Gasteiger partial charge is 0.312 e. The Labute approximate surface area is 50.2 Å². The van der Waals surface area contributed by atoms with E-state index in [1.54, 1.807) is 6.08 Å². The van der Waals surface area contributed by atoms with Crippen LogP contribution in [0.25, 0.3) is 0 Å². The Bertz CT molecular complexity index is 127. The summed E-state index contributed by atoms with van der Waals surface area (Å²) in [7, 11) is 0. The highest BCUT2D eigenvalue weighted by Gasteiger charge is 2.06. The van der Waals surface area contributed by atoms with E-state index in [0.717, 1.165) is 0 Å². The van der Waals surface area contributed by atoms with Crippen LogP contribution < -0.4 is 0 Å². The third kappa shape index (κ3) is 2.38. The maximum Gasteiger partial charge on any atom is 0.0247 e. The van der Waals surface area contributed by atoms with Crippen molar-refractivity contribution in [2.75, 3.05) is 0 Å². The summed E-state index contributed by atoms with van der Waals surface area (Å²) in [6.07, 6.45) is 3.13. The summed E-state index contributed by atoms with van der Waals surface area (Å²) in [4.78, 5) is 0. The van der Waals surface area contributed by atoms with Crippen molar-refractivity contribution in [3.05, 3.63) is 18.4 Å². The Morgan fingerprint density at radius 1 is 1.62 bits per heavy atom. The number of hydrogen-bond donors (Lipinski definition) is 1. The molecule has 8 heavy (non-hydrogen) atoms. The molecule has 0 heterocycles. The Morgan fingerprint density at radius 2 is 2.12 bits per heavy atom. The van der Waals surface area contributed by atoms with Crippen LogP contribution in [0.1, 0.15) is 13.8 Å². The van der Waals surface area contributed by atoms with Gasteiger partial charge in [0.15, 0.2) is 0 Å². The fourth-order valence-electron chi connectivity index (χ4n) is 0.305. The monoisotopic (exact) mass is 109 g/mol. The maximum absolute atomic E-state index is 6.88. The van der Waals surface area contributed by atoms with E-state index >= 15 is 0 Å². The van der Waals surface area contributed by atoms with Crippen molar-refractivity contribution >= 4 is 6.21 Å². The van der Waals surface area contributed by atoms with Crippen molar-refractivity contribution in [2.24, 2.45) is 5.41 Å². The van der Waals surface area contributed by atoms with E-state index in [-0.39, 0.29) is 5.41 Å². The number of hydrogen-bond acceptors (Lipinski definition) is 1. The number of rotatable bonds is 2. The second-order valence-electron chi connectivity index (χ2n) is 2.31. The molecule has 0 bridgehead atoms. The number of allylic oxidation sites excluding steroid dienone is 1. The van der Waals surface area contributed by atoms with Gasteiger partial charge in [-0.2, -0.15) is 0 Å². The molecule has 0 radical (unpaired) electrons. The molecular weight excluding hydrogens is 98.1 g/mol. The molecular formula is C7H11N. The molecule has 0 aliphatic rings. The first kappa shape index (κ1) is 7.19. The lowest BCUT2D eigenvalue weighted by Crippen LogP contribution is -2.06. The fraction of sp³-hybridized carbons (Fsp3) is 0.429. The summed E-state index contributed by atoms with van der Waals surface area (Å²) in [6, 6.07) is 0. The molecule has 0 aromatic rings. The van der Waals surface area contributed by atoms with Gasteiger partial charge in [-0.25, -0.2) is 0 Å². The Morgan fingerprint density at radius 3 is 2.25 bits per heavy atom. The van der Waals surface area contributed by atoms with E-state index < -0.39 is 0 Å². The first-order valence-corrected chi connectivity index (χ1v) is 2.51. The summed E-state index contributed by atoms with van der Waals surface area (Å²) >= 11 is 0. The highest BCUT2D eigenvalue weighted by molar-refractivity contribution is 5.63. The average molecular weight is 109 g/mol. The first-order chi connectivity index (χ1) is 3.62. The van der Waals surface area contributed by atoms with Gasteiger partial charge in [0.25, 0.3) is 0 Å². The zero-order valence-electron chi connectivity index (χ0n) is 5.36. The van der Waals surface area contributed by atoms with Crippen LogP contribution in [0.2, 0.25) is 0 Å². The van der Waals surface area contributed by atoms with Gasteiger partial charge in [-0.1, -0.05) is 20.4 Å². The number of nitrogens with one attached hydrogen (secondary N) is 1. The van der Waals surface area contributed by atoms with Crippen molar-refractivity contribution in [3.8, 4) is 0 Å². The van der Waals surface area contributed by atoms with Crippen molar-refractivity contribution in [1.82, 2.24) is 0 Å². The van der Waals surface area contributed by atoms with Crippen molar-refractivity contribution in [2.45, 2.75) is 13.8 Å². The van der Waals surface area contributed by atoms with Gasteiger partial charge < -0.3 is 5.41 Å². The van der Waals surface area contributed by atoms with Gasteiger partial charge in [0.1, 0.15) is 0 Å². The molecule has 0 aromatic carbocycles. The van der Waals surface area contributed by atoms with E-state index in [4.69, 9.17) is 5.41 Å². The minimum atomic E-state index is -0.165. The minimum absolute atomic E-state index is 0.165. The molecule has 1 heteroatoms. The predicted molar refractivity (Wildman–Crippen MR) is 36.3 cm³/mol. The molecule has 0 amide bonds. The Balaban J connectivity index is 4.11. The summed E-state index contributed by atoms with van der Waals surface area (Å²) in [5.41, 5.74) is 2.47. The standard InChI is InChI=1S/C7H11N/c1-4-5-7(2,3)6-8/h5-6,8H,1H2,2-3H3. The summed E-state index contributed by atoms with van der Waals surface area (Å²) < 4.78 is 0. The lowest BCUT2D eigenvalue weighted by atomic mass is 9.96. The Hall–Kier alpha value is -0.810. The second-order valence-corrected chi connectivity index (χ2v) is 2.31. The molecule has 0 saturated carbocycles. The van der Waals surface area contributed by atoms with Gasteiger partial charge in [0.2, 0.25) is 0 Å². The molecule has 44 valence electrons. The normalized spacial score (nSPS) is 9.75. The van der Waals surface area contributed by atoms with Crippen LogP contribution >= 0.6 is 0 Å². The first-order valence-electron chi connectivity index (χ1n) is 2.51. The second kappa shape index (κ2) is 2.49. The lowest BCUT2D eigenvalue weighted by molar-refractivity contribution is 0.691. The average Bonchev–Trinajstić information content (AvgIpc) is 1.67. The van der Waals surface area contributed by atoms with Gasteiger partial charge in [-0.3, -0.25) is 0 Å². The van der Waals surface area contributed by atoms with Crippen LogP contribution in [0.4, 0.5) is 0 Å². The zero-order valence-corrected chi connectivity index (χ0v) is 5.36. The third-order valence-electron chi connectivity index (χ3n) is 0.846. The van der Waals surface area contributed by atoms with Crippen LogP contribution in [-0.4, -0.2) is 6.21 Å². The van der Waals surface area contributed by atoms with E-state index in [2.05, 4.69) is 12.3 Å². The fourth-order valence-corrected chi connectivity index (χ4v) is 0.305. The molecule has 0 aromatic heterocycles. The van der Waals surface area contributed by atoms with Crippen LogP contribution in [-0.2, 0) is 0 Å². The molecule has 1 nitrogen and oxygen atoms in total. The summed E-state index contributed by atoms with van der Waals surface area (Å²) in [5.74, 6) is 0. The minimum Gasteiger partial charge on any atom is -0.312 e. The molecule has 0 fully saturated rings. The lowest BCUT2D eigenvalue weighted by Gasteiger charge is -2.08. The molecule has 0 saturated heterocycles. The molecule has 0 aliphatic heterocycles. The van der Waals surface area contributed by atoms with Gasteiger partial charge in [0.05, 0.1) is 0 Å². The van der Waals surface area contributed by atoms with E-state index in [9.17, 15) is 0 Å². The maximum atomic E-state index is 6.88. The molecule has 1 N–H and O–H groups in total. The van der Waals surface area contributed by atoms with Crippen molar-refractivity contribution in [3.63, 3.8) is 0 Å². The van der Waals surface area contributed by atoms with Crippen LogP contribution in [0.5, 0.6) is 0 Å². The predicted octanol–water partition coefficient (Wildman–Crippen LogP) is 2.00. The van der Waals surface area contributed by atoms with Crippen molar-refractivity contribution in [1.29, 1.82) is 5.41 Å². The molecule has 0 aliphatic carbocycles. The van der Waals surface area contributed by atoms with Gasteiger partial charge in [-0.15, -0.1) is 5.73 Å². The summed E-state index contributed by atoms with van der Waals surface area (Å²) in [6.45, 7) is 7.27. The third-order valence-corrected chi connectivity index (χ3v) is 0.846. The topological polar surface area (TPSA) is 23.9 Å². The van der Waals surface area contributed by atoms with Crippen molar-refractivity contribution < 1.29 is 0 Å². The Kier molecular flexibility index (Phi) is 2.23. The highest BCUT2D eigenvalue weighted by atomic mass is 14.4. The van der Waals surface area contributed by atoms with Crippen LogP contribution in [0.15, 0.2) is 18.4 Å². The van der Waals surface area contributed by atoms with Gasteiger partial charge >= 0.3 is 0 Å². The van der Waals surface area contributed by atoms with E-state index in [1.165, 1.54) is 6.21 Å². The molecule has 0 rings (SSSR count). The SMILES string of the molecule is C=C=CC(C)(C)C=N.